The van der Waals surface area contributed by atoms with Crippen LogP contribution in [0.3, 0.4) is 0 Å². The van der Waals surface area contributed by atoms with Crippen LogP contribution in [0.2, 0.25) is 0 Å². The summed E-state index contributed by atoms with van der Waals surface area (Å²) in [6.45, 7) is 0. The molecule has 0 fully saturated rings. The van der Waals surface area contributed by atoms with Crippen LogP contribution in [0.25, 0.3) is 27.6 Å². The molecule has 3 aromatic rings. The van der Waals surface area contributed by atoms with Gasteiger partial charge in [0.05, 0.1) is 0 Å². The number of hydrogen-bond acceptors (Lipinski definition) is 1. The van der Waals surface area contributed by atoms with Crippen molar-refractivity contribution in [1.29, 1.82) is 0 Å². The van der Waals surface area contributed by atoms with E-state index in [1.165, 1.54) is 16.8 Å². The van der Waals surface area contributed by atoms with Gasteiger partial charge in [-0.1, -0.05) is 24.3 Å². The molecule has 1 aliphatic carbocycles. The number of ketones is 1. The van der Waals surface area contributed by atoms with Gasteiger partial charge in [0, 0.05) is 11.6 Å². The van der Waals surface area contributed by atoms with Gasteiger partial charge in [-0.05, 0) is 57.4 Å². The Bertz CT molecular complexity index is 856. The summed E-state index contributed by atoms with van der Waals surface area (Å²) < 4.78 is 0. The van der Waals surface area contributed by atoms with E-state index < -0.39 is 0 Å². The van der Waals surface area contributed by atoms with Gasteiger partial charge < -0.3 is 0 Å². The van der Waals surface area contributed by atoms with Crippen molar-refractivity contribution >= 4 is 33.4 Å². The van der Waals surface area contributed by atoms with Gasteiger partial charge >= 0.3 is 0 Å². The van der Waals surface area contributed by atoms with E-state index in [0.29, 0.717) is 0 Å². The van der Waals surface area contributed by atoms with Gasteiger partial charge in [0.1, 0.15) is 0 Å². The molecule has 0 aliphatic heterocycles. The zero-order chi connectivity index (χ0) is 12.8. The Morgan fingerprint density at radius 3 is 2.16 bits per heavy atom. The van der Waals surface area contributed by atoms with Crippen LogP contribution in [-0.4, -0.2) is 5.78 Å². The van der Waals surface area contributed by atoms with E-state index >= 15 is 0 Å². The molecule has 0 amide bonds. The first kappa shape index (κ1) is 10.3. The van der Waals surface area contributed by atoms with Crippen molar-refractivity contribution in [1.82, 2.24) is 0 Å². The largest absolute Gasteiger partial charge is 0.289 e. The van der Waals surface area contributed by atoms with Gasteiger partial charge in [-0.15, -0.1) is 5.73 Å². The molecular formula is C18H10O. The van der Waals surface area contributed by atoms with Crippen LogP contribution < -0.4 is 0 Å². The monoisotopic (exact) mass is 242 g/mol. The molecule has 0 radical (unpaired) electrons. The third-order valence-corrected chi connectivity index (χ3v) is 3.59. The zero-order valence-electron chi connectivity index (χ0n) is 10.2. The molecule has 0 saturated heterocycles. The maximum Gasteiger partial charge on any atom is 0.194 e. The lowest BCUT2D eigenvalue weighted by molar-refractivity contribution is 0.104. The first-order valence-electron chi connectivity index (χ1n) is 6.25. The smallest absolute Gasteiger partial charge is 0.194 e. The molecule has 0 spiro atoms. The standard InChI is InChI=1S/C18H10O/c19-18-7-3-6-14-10-15-8-12-4-1-2-5-13(12)9-16(15)11-17(14)18/h1-2,4-11H. The van der Waals surface area contributed by atoms with Crippen molar-refractivity contribution in [3.8, 4) is 0 Å². The number of hydrogen-bond donors (Lipinski definition) is 0. The number of carbonyl (C=O) groups excluding carboxylic acids is 1. The van der Waals surface area contributed by atoms with Crippen LogP contribution >= 0.6 is 0 Å². The molecule has 0 atom stereocenters. The zero-order valence-corrected chi connectivity index (χ0v) is 10.2. The maximum atomic E-state index is 11.9. The normalized spacial score (nSPS) is 13.2. The summed E-state index contributed by atoms with van der Waals surface area (Å²) in [6, 6.07) is 16.6. The third-order valence-electron chi connectivity index (χ3n) is 3.59. The molecule has 1 aliphatic rings. The van der Waals surface area contributed by atoms with E-state index in [9.17, 15) is 4.79 Å². The van der Waals surface area contributed by atoms with Crippen molar-refractivity contribution in [2.75, 3.05) is 0 Å². The van der Waals surface area contributed by atoms with Gasteiger partial charge in [0.25, 0.3) is 0 Å². The molecule has 1 heteroatoms. The SMILES string of the molecule is O=C1C=C=Cc2cc3cc4ccccc4cc3cc21. The highest BCUT2D eigenvalue weighted by Gasteiger charge is 2.11. The fourth-order valence-electron chi connectivity index (χ4n) is 2.63. The van der Waals surface area contributed by atoms with Crippen LogP contribution in [0.15, 0.2) is 60.3 Å². The van der Waals surface area contributed by atoms with E-state index in [1.54, 1.807) is 0 Å². The molecule has 0 unspecified atom stereocenters. The summed E-state index contributed by atoms with van der Waals surface area (Å²) in [4.78, 5) is 11.9. The van der Waals surface area contributed by atoms with Crippen LogP contribution in [0.4, 0.5) is 0 Å². The van der Waals surface area contributed by atoms with Crippen LogP contribution in [0.1, 0.15) is 15.9 Å². The fraction of sp³-hybridized carbons (Fsp3) is 0. The van der Waals surface area contributed by atoms with E-state index in [-0.39, 0.29) is 5.78 Å². The first-order chi connectivity index (χ1) is 9.31. The van der Waals surface area contributed by atoms with Gasteiger partial charge in [-0.3, -0.25) is 4.79 Å². The van der Waals surface area contributed by atoms with E-state index in [0.717, 1.165) is 21.9 Å². The van der Waals surface area contributed by atoms with Gasteiger partial charge in [0.2, 0.25) is 0 Å². The molecule has 0 aromatic heterocycles. The topological polar surface area (TPSA) is 17.1 Å². The predicted octanol–water partition coefficient (Wildman–Crippen LogP) is 4.36. The van der Waals surface area contributed by atoms with Crippen molar-refractivity contribution in [2.45, 2.75) is 0 Å². The van der Waals surface area contributed by atoms with E-state index in [1.807, 2.05) is 24.3 Å². The number of rotatable bonds is 0. The highest BCUT2D eigenvalue weighted by atomic mass is 16.1. The second-order valence-corrected chi connectivity index (χ2v) is 4.81. The fourth-order valence-corrected chi connectivity index (χ4v) is 2.63. The summed E-state index contributed by atoms with van der Waals surface area (Å²) in [5, 5.41) is 4.68. The Balaban J connectivity index is 2.13. The second kappa shape index (κ2) is 3.68. The summed E-state index contributed by atoms with van der Waals surface area (Å²) in [7, 11) is 0. The van der Waals surface area contributed by atoms with Gasteiger partial charge in [-0.2, -0.15) is 0 Å². The summed E-state index contributed by atoms with van der Waals surface area (Å²) >= 11 is 0. The second-order valence-electron chi connectivity index (χ2n) is 4.81. The Kier molecular flexibility index (Phi) is 2.00. The molecule has 0 N–H and O–H groups in total. The number of carbonyl (C=O) groups is 1. The van der Waals surface area contributed by atoms with Crippen molar-refractivity contribution < 1.29 is 4.79 Å². The Labute approximate surface area is 110 Å². The molecule has 3 aromatic carbocycles. The summed E-state index contributed by atoms with van der Waals surface area (Å²) in [6.07, 6.45) is 3.36. The highest BCUT2D eigenvalue weighted by Crippen LogP contribution is 2.27. The molecule has 4 rings (SSSR count). The molecule has 88 valence electrons. The highest BCUT2D eigenvalue weighted by molar-refractivity contribution is 6.12. The summed E-state index contributed by atoms with van der Waals surface area (Å²) in [5.41, 5.74) is 4.61. The van der Waals surface area contributed by atoms with Gasteiger partial charge in [-0.25, -0.2) is 0 Å². The third kappa shape index (κ3) is 1.53. The molecule has 1 nitrogen and oxygen atoms in total. The van der Waals surface area contributed by atoms with Crippen molar-refractivity contribution in [3.63, 3.8) is 0 Å². The van der Waals surface area contributed by atoms with Crippen molar-refractivity contribution in [3.05, 3.63) is 71.5 Å². The Morgan fingerprint density at radius 2 is 1.42 bits per heavy atom. The Morgan fingerprint density at radius 1 is 0.737 bits per heavy atom. The summed E-state index contributed by atoms with van der Waals surface area (Å²) in [5.74, 6) is 0.0348. The number of fused-ring (bicyclic) bond motifs is 3. The average Bonchev–Trinajstić information content (AvgIpc) is 2.44. The molecule has 0 heterocycles. The number of allylic oxidation sites excluding steroid dienone is 1. The minimum absolute atomic E-state index is 0.0348. The lowest BCUT2D eigenvalue weighted by Gasteiger charge is -2.09. The van der Waals surface area contributed by atoms with Crippen LogP contribution in [0, 0.1) is 0 Å². The lowest BCUT2D eigenvalue weighted by atomic mass is 9.94. The quantitative estimate of drug-likeness (QED) is 0.423. The van der Waals surface area contributed by atoms with E-state index in [4.69, 9.17) is 0 Å². The molecular weight excluding hydrogens is 232 g/mol. The van der Waals surface area contributed by atoms with Gasteiger partial charge in [0.15, 0.2) is 5.78 Å². The average molecular weight is 242 g/mol. The molecule has 0 bridgehead atoms. The molecule has 19 heavy (non-hydrogen) atoms. The van der Waals surface area contributed by atoms with Crippen LogP contribution in [-0.2, 0) is 0 Å². The van der Waals surface area contributed by atoms with E-state index in [2.05, 4.69) is 36.1 Å². The number of benzene rings is 3. The van der Waals surface area contributed by atoms with Crippen LogP contribution in [0.5, 0.6) is 0 Å². The minimum atomic E-state index is 0.0348. The predicted molar refractivity (Wildman–Crippen MR) is 78.3 cm³/mol. The Hall–Kier alpha value is -2.63. The molecule has 0 saturated carbocycles. The maximum absolute atomic E-state index is 11.9. The van der Waals surface area contributed by atoms with Crippen molar-refractivity contribution in [2.24, 2.45) is 0 Å². The first-order valence-corrected chi connectivity index (χ1v) is 6.25. The minimum Gasteiger partial charge on any atom is -0.289 e. The lowest BCUT2D eigenvalue weighted by Crippen LogP contribution is -2.00.